The number of nitrogens with zero attached hydrogens (tertiary/aromatic N) is 1. The second kappa shape index (κ2) is 5.56. The summed E-state index contributed by atoms with van der Waals surface area (Å²) in [4.78, 5) is 25.8. The zero-order valence-electron chi connectivity index (χ0n) is 12.0. The van der Waals surface area contributed by atoms with Crippen molar-refractivity contribution in [2.24, 2.45) is 0 Å². The molecule has 0 atom stereocenters. The quantitative estimate of drug-likeness (QED) is 0.798. The van der Waals surface area contributed by atoms with Crippen LogP contribution in [0.5, 0.6) is 0 Å². The van der Waals surface area contributed by atoms with Gasteiger partial charge in [0.2, 0.25) is 0 Å². The molecule has 3 rings (SSSR count). The molecule has 0 radical (unpaired) electrons. The number of carbonyl (C=O) groups is 2. The second-order valence-corrected chi connectivity index (χ2v) is 5.22. The average Bonchev–Trinajstić information content (AvgIpc) is 2.78. The number of methoxy groups -OCH3 is 1. The monoisotopic (exact) mass is 283 g/mol. The van der Waals surface area contributed by atoms with Gasteiger partial charge in [0.05, 0.1) is 24.0 Å². The number of amides is 2. The van der Waals surface area contributed by atoms with Crippen LogP contribution in [-0.2, 0) is 4.74 Å². The highest BCUT2D eigenvalue weighted by atomic mass is 16.5. The van der Waals surface area contributed by atoms with Crippen molar-refractivity contribution < 1.29 is 14.3 Å². The van der Waals surface area contributed by atoms with Crippen molar-refractivity contribution in [1.29, 1.82) is 0 Å². The van der Waals surface area contributed by atoms with Gasteiger partial charge in [-0.2, -0.15) is 0 Å². The van der Waals surface area contributed by atoms with E-state index in [4.69, 9.17) is 4.74 Å². The Bertz CT molecular complexity index is 623. The minimum Gasteiger partial charge on any atom is -0.501 e. The normalized spacial score (nSPS) is 17.5. The van der Waals surface area contributed by atoms with Crippen molar-refractivity contribution in [2.75, 3.05) is 13.7 Å². The van der Waals surface area contributed by atoms with Crippen LogP contribution in [0.1, 0.15) is 40.0 Å². The average molecular weight is 283 g/mol. The summed E-state index contributed by atoms with van der Waals surface area (Å²) in [6, 6.07) is 6.99. The first-order valence-electron chi connectivity index (χ1n) is 7.08. The van der Waals surface area contributed by atoms with Crippen LogP contribution in [0.25, 0.3) is 0 Å². The Morgan fingerprint density at radius 3 is 2.24 bits per heavy atom. The van der Waals surface area contributed by atoms with Gasteiger partial charge in [0.1, 0.15) is 0 Å². The molecule has 1 heterocycles. The minimum absolute atomic E-state index is 0.180. The number of hydrogen-bond donors (Lipinski definition) is 0. The number of carbonyl (C=O) groups excluding carboxylic acids is 2. The molecule has 4 nitrogen and oxygen atoms in total. The molecule has 0 bridgehead atoms. The van der Waals surface area contributed by atoms with Crippen LogP contribution in [-0.4, -0.2) is 30.4 Å². The van der Waals surface area contributed by atoms with Gasteiger partial charge in [-0.15, -0.1) is 0 Å². The largest absolute Gasteiger partial charge is 0.501 e. The number of ether oxygens (including phenoxy) is 1. The SMILES string of the molecule is COC1=CC=C(CCN2C(=O)c3ccccc3C2=O)CC1. The Morgan fingerprint density at radius 2 is 1.71 bits per heavy atom. The van der Waals surface area contributed by atoms with Crippen LogP contribution in [0.15, 0.2) is 47.7 Å². The molecule has 108 valence electrons. The van der Waals surface area contributed by atoms with E-state index in [1.807, 2.05) is 12.2 Å². The standard InChI is InChI=1S/C17H17NO3/c1-21-13-8-6-12(7-9-13)10-11-18-16(19)14-4-2-3-5-15(14)17(18)20/h2-6,8H,7,9-11H2,1H3. The van der Waals surface area contributed by atoms with E-state index in [0.717, 1.165) is 25.0 Å². The van der Waals surface area contributed by atoms with E-state index in [-0.39, 0.29) is 11.8 Å². The number of hydrogen-bond acceptors (Lipinski definition) is 3. The second-order valence-electron chi connectivity index (χ2n) is 5.22. The van der Waals surface area contributed by atoms with Crippen molar-refractivity contribution >= 4 is 11.8 Å². The van der Waals surface area contributed by atoms with Crippen molar-refractivity contribution in [3.05, 3.63) is 58.9 Å². The van der Waals surface area contributed by atoms with E-state index in [2.05, 4.69) is 0 Å². The van der Waals surface area contributed by atoms with Crippen LogP contribution >= 0.6 is 0 Å². The molecule has 0 spiro atoms. The first kappa shape index (κ1) is 13.6. The van der Waals surface area contributed by atoms with Crippen molar-refractivity contribution in [3.63, 3.8) is 0 Å². The molecule has 0 saturated heterocycles. The van der Waals surface area contributed by atoms with Crippen LogP contribution in [0.2, 0.25) is 0 Å². The van der Waals surface area contributed by atoms with Crippen molar-refractivity contribution in [3.8, 4) is 0 Å². The molecule has 0 N–H and O–H groups in total. The third-order valence-electron chi connectivity index (χ3n) is 3.99. The third kappa shape index (κ3) is 2.49. The fourth-order valence-electron chi connectivity index (χ4n) is 2.74. The Balaban J connectivity index is 1.68. The lowest BCUT2D eigenvalue weighted by molar-refractivity contribution is 0.0655. The molecule has 1 aromatic carbocycles. The number of rotatable bonds is 4. The zero-order valence-corrected chi connectivity index (χ0v) is 12.0. The summed E-state index contributed by atoms with van der Waals surface area (Å²) >= 11 is 0. The lowest BCUT2D eigenvalue weighted by Crippen LogP contribution is -2.31. The molecule has 21 heavy (non-hydrogen) atoms. The highest BCUT2D eigenvalue weighted by Crippen LogP contribution is 2.25. The molecule has 2 amide bonds. The fourth-order valence-corrected chi connectivity index (χ4v) is 2.74. The van der Waals surface area contributed by atoms with Gasteiger partial charge in [-0.3, -0.25) is 14.5 Å². The number of allylic oxidation sites excluding steroid dienone is 3. The highest BCUT2D eigenvalue weighted by molar-refractivity contribution is 6.21. The summed E-state index contributed by atoms with van der Waals surface area (Å²) in [7, 11) is 1.67. The highest BCUT2D eigenvalue weighted by Gasteiger charge is 2.34. The maximum absolute atomic E-state index is 12.2. The Kier molecular flexibility index (Phi) is 3.60. The molecule has 1 aromatic rings. The molecule has 1 aliphatic heterocycles. The predicted molar refractivity (Wildman–Crippen MR) is 78.8 cm³/mol. The summed E-state index contributed by atoms with van der Waals surface area (Å²) in [5, 5.41) is 0. The van der Waals surface area contributed by atoms with Gasteiger partial charge < -0.3 is 4.74 Å². The minimum atomic E-state index is -0.180. The van der Waals surface area contributed by atoms with E-state index in [9.17, 15) is 9.59 Å². The van der Waals surface area contributed by atoms with E-state index in [1.165, 1.54) is 10.5 Å². The van der Waals surface area contributed by atoms with E-state index < -0.39 is 0 Å². The molecule has 1 aliphatic carbocycles. The topological polar surface area (TPSA) is 46.6 Å². The summed E-state index contributed by atoms with van der Waals surface area (Å²) in [6.07, 6.45) is 6.51. The van der Waals surface area contributed by atoms with Gasteiger partial charge in [0.25, 0.3) is 11.8 Å². The number of fused-ring (bicyclic) bond motifs is 1. The third-order valence-corrected chi connectivity index (χ3v) is 3.99. The maximum atomic E-state index is 12.2. The summed E-state index contributed by atoms with van der Waals surface area (Å²) in [5.74, 6) is 0.611. The van der Waals surface area contributed by atoms with E-state index in [0.29, 0.717) is 17.7 Å². The van der Waals surface area contributed by atoms with Gasteiger partial charge in [-0.1, -0.05) is 23.8 Å². The van der Waals surface area contributed by atoms with Gasteiger partial charge >= 0.3 is 0 Å². The van der Waals surface area contributed by atoms with E-state index in [1.54, 1.807) is 31.4 Å². The molecule has 4 heteroatoms. The lowest BCUT2D eigenvalue weighted by atomic mass is 10.0. The smallest absolute Gasteiger partial charge is 0.261 e. The maximum Gasteiger partial charge on any atom is 0.261 e. The Labute approximate surface area is 123 Å². The Hall–Kier alpha value is -2.36. The van der Waals surface area contributed by atoms with Crippen LogP contribution in [0, 0.1) is 0 Å². The number of benzene rings is 1. The van der Waals surface area contributed by atoms with Gasteiger partial charge in [0.15, 0.2) is 0 Å². The van der Waals surface area contributed by atoms with Gasteiger partial charge in [-0.25, -0.2) is 0 Å². The van der Waals surface area contributed by atoms with Gasteiger partial charge in [0, 0.05) is 13.0 Å². The number of imide groups is 1. The van der Waals surface area contributed by atoms with Crippen molar-refractivity contribution in [1.82, 2.24) is 4.90 Å². The lowest BCUT2D eigenvalue weighted by Gasteiger charge is -2.17. The Morgan fingerprint density at radius 1 is 1.05 bits per heavy atom. The van der Waals surface area contributed by atoms with Crippen LogP contribution < -0.4 is 0 Å². The molecule has 0 unspecified atom stereocenters. The van der Waals surface area contributed by atoms with Crippen LogP contribution in [0.3, 0.4) is 0 Å². The molecule has 0 aromatic heterocycles. The predicted octanol–water partition coefficient (Wildman–Crippen LogP) is 2.92. The van der Waals surface area contributed by atoms with Gasteiger partial charge in [-0.05, 0) is 31.1 Å². The fraction of sp³-hybridized carbons (Fsp3) is 0.294. The first-order valence-corrected chi connectivity index (χ1v) is 7.08. The summed E-state index contributed by atoms with van der Waals surface area (Å²) in [6.45, 7) is 0.439. The molecular formula is C17H17NO3. The van der Waals surface area contributed by atoms with Crippen LogP contribution in [0.4, 0.5) is 0 Å². The summed E-state index contributed by atoms with van der Waals surface area (Å²) in [5.41, 5.74) is 2.27. The van der Waals surface area contributed by atoms with E-state index >= 15 is 0 Å². The summed E-state index contributed by atoms with van der Waals surface area (Å²) < 4.78 is 5.19. The molecule has 0 fully saturated rings. The zero-order chi connectivity index (χ0) is 14.8. The molecule has 0 saturated carbocycles. The first-order chi connectivity index (χ1) is 10.2. The van der Waals surface area contributed by atoms with Crippen molar-refractivity contribution in [2.45, 2.75) is 19.3 Å². The molecule has 2 aliphatic rings. The molecular weight excluding hydrogens is 266 g/mol.